The molecule has 0 heterocycles. The number of rotatable bonds is 5. The largest absolute Gasteiger partial charge is 0.301 e. The van der Waals surface area contributed by atoms with Gasteiger partial charge < -0.3 is 0 Å². The molecule has 82 valence electrons. The fourth-order valence-corrected chi connectivity index (χ4v) is 1.35. The van der Waals surface area contributed by atoms with Crippen molar-refractivity contribution in [2.75, 3.05) is 6.61 Å². The number of benzene rings is 1. The van der Waals surface area contributed by atoms with Gasteiger partial charge in [-0.15, -0.1) is 0 Å². The molecule has 0 radical (unpaired) electrons. The van der Waals surface area contributed by atoms with E-state index >= 15 is 0 Å². The van der Waals surface area contributed by atoms with E-state index in [1.807, 2.05) is 0 Å². The topological polar surface area (TPSA) is 89.7 Å². The summed E-state index contributed by atoms with van der Waals surface area (Å²) in [5.74, 6) is 0. The van der Waals surface area contributed by atoms with Crippen molar-refractivity contribution in [1.29, 1.82) is 0 Å². The summed E-state index contributed by atoms with van der Waals surface area (Å²) in [4.78, 5) is 10.1. The van der Waals surface area contributed by atoms with Crippen molar-refractivity contribution in [3.63, 3.8) is 0 Å². The zero-order valence-electron chi connectivity index (χ0n) is 7.66. The SMILES string of the molecule is O=[N+]([O-])c1ccccc1CCOS(=O)O. The summed E-state index contributed by atoms with van der Waals surface area (Å²) in [6.45, 7) is -0.0338. The lowest BCUT2D eigenvalue weighted by Crippen LogP contribution is -2.03. The Hall–Kier alpha value is -1.31. The summed E-state index contributed by atoms with van der Waals surface area (Å²) in [6.07, 6.45) is 0.226. The Morgan fingerprint density at radius 2 is 2.13 bits per heavy atom. The molecule has 0 aromatic heterocycles. The first-order valence-electron chi connectivity index (χ1n) is 4.07. The van der Waals surface area contributed by atoms with Crippen molar-refractivity contribution in [1.82, 2.24) is 0 Å². The van der Waals surface area contributed by atoms with Gasteiger partial charge in [0, 0.05) is 18.1 Å². The fourth-order valence-electron chi connectivity index (χ4n) is 1.12. The van der Waals surface area contributed by atoms with Gasteiger partial charge in [0.05, 0.1) is 11.5 Å². The van der Waals surface area contributed by atoms with Gasteiger partial charge in [0.25, 0.3) is 5.69 Å². The van der Waals surface area contributed by atoms with Gasteiger partial charge in [-0.1, -0.05) is 18.2 Å². The van der Waals surface area contributed by atoms with E-state index in [4.69, 9.17) is 4.55 Å². The van der Waals surface area contributed by atoms with E-state index in [0.29, 0.717) is 5.56 Å². The highest BCUT2D eigenvalue weighted by atomic mass is 32.2. The maximum atomic E-state index is 10.6. The summed E-state index contributed by atoms with van der Waals surface area (Å²) in [5.41, 5.74) is 0.470. The normalized spacial score (nSPS) is 12.3. The smallest absolute Gasteiger partial charge is 0.284 e. The van der Waals surface area contributed by atoms with Crippen LogP contribution in [0, 0.1) is 10.1 Å². The third-order valence-electron chi connectivity index (χ3n) is 1.74. The number of para-hydroxylation sites is 1. The average molecular weight is 231 g/mol. The lowest BCUT2D eigenvalue weighted by molar-refractivity contribution is -0.385. The minimum atomic E-state index is -2.33. The van der Waals surface area contributed by atoms with Crippen LogP contribution in [0.25, 0.3) is 0 Å². The molecular weight excluding hydrogens is 222 g/mol. The predicted molar refractivity (Wildman–Crippen MR) is 53.5 cm³/mol. The summed E-state index contributed by atoms with van der Waals surface area (Å²) < 4.78 is 22.9. The van der Waals surface area contributed by atoms with Crippen LogP contribution in [0.15, 0.2) is 24.3 Å². The number of hydrogen-bond acceptors (Lipinski definition) is 4. The molecule has 0 aliphatic carbocycles. The minimum absolute atomic E-state index is 0.00942. The van der Waals surface area contributed by atoms with E-state index in [2.05, 4.69) is 4.18 Å². The lowest BCUT2D eigenvalue weighted by Gasteiger charge is -2.01. The van der Waals surface area contributed by atoms with Gasteiger partial charge >= 0.3 is 11.4 Å². The Morgan fingerprint density at radius 1 is 1.47 bits per heavy atom. The fraction of sp³-hybridized carbons (Fsp3) is 0.250. The molecule has 1 N–H and O–H groups in total. The molecule has 0 aliphatic rings. The van der Waals surface area contributed by atoms with Crippen LogP contribution in [0.4, 0.5) is 5.69 Å². The molecule has 0 spiro atoms. The van der Waals surface area contributed by atoms with Gasteiger partial charge in [0.15, 0.2) is 0 Å². The van der Waals surface area contributed by atoms with E-state index in [1.54, 1.807) is 18.2 Å². The molecule has 1 unspecified atom stereocenters. The molecule has 7 heteroatoms. The molecule has 0 saturated heterocycles. The third kappa shape index (κ3) is 3.74. The van der Waals surface area contributed by atoms with Gasteiger partial charge in [-0.05, 0) is 0 Å². The van der Waals surface area contributed by atoms with E-state index in [9.17, 15) is 14.3 Å². The van der Waals surface area contributed by atoms with E-state index < -0.39 is 16.3 Å². The minimum Gasteiger partial charge on any atom is -0.284 e. The molecule has 15 heavy (non-hydrogen) atoms. The molecule has 0 aliphatic heterocycles. The molecule has 1 aromatic rings. The van der Waals surface area contributed by atoms with Crippen molar-refractivity contribution < 1.29 is 17.9 Å². The van der Waals surface area contributed by atoms with Crippen LogP contribution < -0.4 is 0 Å². The van der Waals surface area contributed by atoms with Crippen LogP contribution in [0.3, 0.4) is 0 Å². The van der Waals surface area contributed by atoms with Crippen LogP contribution in [0.2, 0.25) is 0 Å². The van der Waals surface area contributed by atoms with Crippen LogP contribution in [-0.2, 0) is 22.0 Å². The van der Waals surface area contributed by atoms with Gasteiger partial charge in [-0.3, -0.25) is 18.9 Å². The van der Waals surface area contributed by atoms with Crippen molar-refractivity contribution in [2.45, 2.75) is 6.42 Å². The molecule has 0 amide bonds. The maximum absolute atomic E-state index is 10.6. The second-order valence-electron chi connectivity index (χ2n) is 2.67. The molecule has 1 aromatic carbocycles. The van der Waals surface area contributed by atoms with E-state index in [0.717, 1.165) is 0 Å². The summed E-state index contributed by atoms with van der Waals surface area (Å²) in [7, 11) is 0. The summed E-state index contributed by atoms with van der Waals surface area (Å²) in [5, 5.41) is 10.6. The van der Waals surface area contributed by atoms with Gasteiger partial charge in [-0.2, -0.15) is 4.21 Å². The summed E-state index contributed by atoms with van der Waals surface area (Å²) >= 11 is -2.33. The first-order chi connectivity index (χ1) is 7.11. The average Bonchev–Trinajstić information content (AvgIpc) is 2.17. The van der Waals surface area contributed by atoms with Crippen LogP contribution >= 0.6 is 0 Å². The van der Waals surface area contributed by atoms with Gasteiger partial charge in [-0.25, -0.2) is 0 Å². The Balaban J connectivity index is 2.67. The third-order valence-corrected chi connectivity index (χ3v) is 2.11. The number of nitro benzene ring substituents is 1. The highest BCUT2D eigenvalue weighted by Crippen LogP contribution is 2.17. The van der Waals surface area contributed by atoms with Crippen molar-refractivity contribution in [3.8, 4) is 0 Å². The monoisotopic (exact) mass is 231 g/mol. The molecule has 1 rings (SSSR count). The van der Waals surface area contributed by atoms with Crippen LogP contribution in [0.1, 0.15) is 5.56 Å². The molecule has 0 fully saturated rings. The Morgan fingerprint density at radius 3 is 2.73 bits per heavy atom. The molecule has 6 nitrogen and oxygen atoms in total. The number of hydrogen-bond donors (Lipinski definition) is 1. The number of nitro groups is 1. The number of nitrogens with zero attached hydrogens (tertiary/aromatic N) is 1. The Bertz CT molecular complexity index is 381. The lowest BCUT2D eigenvalue weighted by atomic mass is 10.1. The zero-order valence-corrected chi connectivity index (χ0v) is 8.48. The molecule has 0 saturated carbocycles. The molecule has 1 atom stereocenters. The van der Waals surface area contributed by atoms with E-state index in [1.165, 1.54) is 6.07 Å². The zero-order chi connectivity index (χ0) is 11.3. The van der Waals surface area contributed by atoms with Crippen molar-refractivity contribution >= 4 is 17.0 Å². The van der Waals surface area contributed by atoms with Crippen LogP contribution in [0.5, 0.6) is 0 Å². The van der Waals surface area contributed by atoms with Crippen molar-refractivity contribution in [3.05, 3.63) is 39.9 Å². The van der Waals surface area contributed by atoms with Gasteiger partial charge in [0.2, 0.25) is 0 Å². The highest BCUT2D eigenvalue weighted by Gasteiger charge is 2.11. The highest BCUT2D eigenvalue weighted by molar-refractivity contribution is 7.74. The second kappa shape index (κ2) is 5.54. The van der Waals surface area contributed by atoms with E-state index in [-0.39, 0.29) is 18.7 Å². The van der Waals surface area contributed by atoms with Crippen LogP contribution in [-0.4, -0.2) is 20.3 Å². The first-order valence-corrected chi connectivity index (χ1v) is 5.11. The maximum Gasteiger partial charge on any atom is 0.301 e. The summed E-state index contributed by atoms with van der Waals surface area (Å²) in [6, 6.07) is 6.19. The second-order valence-corrected chi connectivity index (χ2v) is 3.34. The standard InChI is InChI=1S/C8H9NO5S/c10-9(11)8-4-2-1-3-7(8)5-6-14-15(12)13/h1-4H,5-6H2,(H,12,13). The van der Waals surface area contributed by atoms with Gasteiger partial charge in [0.1, 0.15) is 0 Å². The Labute approximate surface area is 88.5 Å². The van der Waals surface area contributed by atoms with Crippen molar-refractivity contribution in [2.24, 2.45) is 0 Å². The quantitative estimate of drug-likeness (QED) is 0.468. The Kier molecular flexibility index (Phi) is 4.35. The molecule has 0 bridgehead atoms. The molecular formula is C8H9NO5S. The first kappa shape index (κ1) is 11.8. The predicted octanol–water partition coefficient (Wildman–Crippen LogP) is 1.29.